The molecule has 1 saturated heterocycles. The molecule has 1 aliphatic rings. The Morgan fingerprint density at radius 2 is 2.31 bits per heavy atom. The fourth-order valence-corrected chi connectivity index (χ4v) is 1.73. The topological polar surface area (TPSA) is 69.1 Å². The summed E-state index contributed by atoms with van der Waals surface area (Å²) in [7, 11) is 0. The van der Waals surface area contributed by atoms with E-state index in [-0.39, 0.29) is 11.9 Å². The molecule has 5 heteroatoms. The van der Waals surface area contributed by atoms with Crippen LogP contribution in [0.1, 0.15) is 15.9 Å². The minimum absolute atomic E-state index is 0.00749. The minimum atomic E-state index is -0.0567. The lowest BCUT2D eigenvalue weighted by Gasteiger charge is -2.36. The van der Waals surface area contributed by atoms with E-state index in [9.17, 15) is 4.79 Å². The average molecular weight is 216 g/mol. The van der Waals surface area contributed by atoms with E-state index in [1.807, 2.05) is 25.1 Å². The van der Waals surface area contributed by atoms with Gasteiger partial charge in [0, 0.05) is 23.6 Å². The quantitative estimate of drug-likeness (QED) is 0.424. The van der Waals surface area contributed by atoms with Gasteiger partial charge in [0.15, 0.2) is 0 Å². The van der Waals surface area contributed by atoms with Crippen molar-refractivity contribution in [1.82, 2.24) is 4.90 Å². The maximum atomic E-state index is 11.9. The van der Waals surface area contributed by atoms with Crippen LogP contribution < -0.4 is 0 Å². The van der Waals surface area contributed by atoms with Gasteiger partial charge in [-0.1, -0.05) is 22.8 Å². The number of rotatable bonds is 2. The first-order valence-electron chi connectivity index (χ1n) is 5.11. The molecule has 0 aliphatic carbocycles. The summed E-state index contributed by atoms with van der Waals surface area (Å²) in [6, 6.07) is 7.43. The maximum absolute atomic E-state index is 11.9. The molecule has 0 aromatic heterocycles. The number of likely N-dealkylation sites (tertiary alicyclic amines) is 1. The molecule has 5 nitrogen and oxygen atoms in total. The predicted octanol–water partition coefficient (Wildman–Crippen LogP) is 2.13. The molecule has 0 spiro atoms. The van der Waals surface area contributed by atoms with Crippen LogP contribution in [-0.4, -0.2) is 29.9 Å². The fraction of sp³-hybridized carbons (Fsp3) is 0.364. The summed E-state index contributed by atoms with van der Waals surface area (Å²) in [5.74, 6) is 0.00749. The van der Waals surface area contributed by atoms with Gasteiger partial charge in [-0.3, -0.25) is 4.79 Å². The Morgan fingerprint density at radius 1 is 1.56 bits per heavy atom. The van der Waals surface area contributed by atoms with Crippen molar-refractivity contribution >= 4 is 5.91 Å². The zero-order valence-corrected chi connectivity index (χ0v) is 9.00. The Kier molecular flexibility index (Phi) is 2.79. The van der Waals surface area contributed by atoms with Crippen LogP contribution in [0.4, 0.5) is 0 Å². The average Bonchev–Trinajstić information content (AvgIpc) is 2.22. The number of carbonyl (C=O) groups excluding carboxylic acids is 1. The number of nitrogens with zero attached hydrogens (tertiary/aromatic N) is 4. The molecule has 0 saturated carbocycles. The van der Waals surface area contributed by atoms with Crippen LogP contribution >= 0.6 is 0 Å². The number of aryl methyl sites for hydroxylation is 1. The molecular formula is C11H12N4O. The molecule has 16 heavy (non-hydrogen) atoms. The second-order valence-electron chi connectivity index (χ2n) is 3.94. The highest BCUT2D eigenvalue weighted by molar-refractivity contribution is 5.95. The standard InChI is InChI=1S/C11H12N4O/c1-8-3-2-4-9(5-8)11(16)15-6-10(7-15)13-14-12/h2-5,10H,6-7H2,1H3. The lowest BCUT2D eigenvalue weighted by atomic mass is 10.1. The van der Waals surface area contributed by atoms with Crippen molar-refractivity contribution in [2.75, 3.05) is 13.1 Å². The van der Waals surface area contributed by atoms with Crippen LogP contribution in [0.15, 0.2) is 29.4 Å². The van der Waals surface area contributed by atoms with Crippen LogP contribution in [0.3, 0.4) is 0 Å². The second-order valence-corrected chi connectivity index (χ2v) is 3.94. The third kappa shape index (κ3) is 1.99. The number of azide groups is 1. The molecule has 1 aromatic carbocycles. The monoisotopic (exact) mass is 216 g/mol. The van der Waals surface area contributed by atoms with Crippen LogP contribution in [0.25, 0.3) is 10.4 Å². The summed E-state index contributed by atoms with van der Waals surface area (Å²) in [4.78, 5) is 16.3. The Balaban J connectivity index is 2.02. The molecule has 0 unspecified atom stereocenters. The van der Waals surface area contributed by atoms with Gasteiger partial charge in [0.25, 0.3) is 5.91 Å². The summed E-state index contributed by atoms with van der Waals surface area (Å²) >= 11 is 0. The molecule has 1 aliphatic heterocycles. The Bertz CT molecular complexity index is 459. The molecule has 0 N–H and O–H groups in total. The zero-order chi connectivity index (χ0) is 11.5. The van der Waals surface area contributed by atoms with Gasteiger partial charge in [-0.05, 0) is 24.6 Å². The highest BCUT2D eigenvalue weighted by Crippen LogP contribution is 2.16. The van der Waals surface area contributed by atoms with Crippen molar-refractivity contribution in [2.24, 2.45) is 5.11 Å². The second kappa shape index (κ2) is 4.24. The first-order chi connectivity index (χ1) is 7.70. The highest BCUT2D eigenvalue weighted by Gasteiger charge is 2.30. The van der Waals surface area contributed by atoms with Crippen molar-refractivity contribution < 1.29 is 4.79 Å². The van der Waals surface area contributed by atoms with Crippen LogP contribution in [0.2, 0.25) is 0 Å². The lowest BCUT2D eigenvalue weighted by molar-refractivity contribution is 0.0608. The van der Waals surface area contributed by atoms with E-state index in [0.717, 1.165) is 5.56 Å². The number of benzene rings is 1. The van der Waals surface area contributed by atoms with Gasteiger partial charge in [-0.2, -0.15) is 0 Å². The molecule has 1 heterocycles. The maximum Gasteiger partial charge on any atom is 0.253 e. The van der Waals surface area contributed by atoms with E-state index in [0.29, 0.717) is 18.7 Å². The minimum Gasteiger partial charge on any atom is -0.338 e. The smallest absolute Gasteiger partial charge is 0.253 e. The Hall–Kier alpha value is -2.00. The fourth-order valence-electron chi connectivity index (χ4n) is 1.73. The van der Waals surface area contributed by atoms with Crippen molar-refractivity contribution in [3.05, 3.63) is 45.8 Å². The van der Waals surface area contributed by atoms with E-state index in [1.165, 1.54) is 0 Å². The van der Waals surface area contributed by atoms with Gasteiger partial charge in [-0.25, -0.2) is 0 Å². The third-order valence-corrected chi connectivity index (χ3v) is 2.63. The third-order valence-electron chi connectivity index (χ3n) is 2.63. The number of carbonyl (C=O) groups is 1. The first kappa shape index (κ1) is 10.5. The van der Waals surface area contributed by atoms with E-state index in [4.69, 9.17) is 5.53 Å². The van der Waals surface area contributed by atoms with Gasteiger partial charge in [0.1, 0.15) is 0 Å². The number of hydrogen-bond acceptors (Lipinski definition) is 2. The Morgan fingerprint density at radius 3 is 2.94 bits per heavy atom. The summed E-state index contributed by atoms with van der Waals surface area (Å²) in [5, 5.41) is 3.56. The summed E-state index contributed by atoms with van der Waals surface area (Å²) in [6.45, 7) is 3.00. The normalized spacial score (nSPS) is 15.2. The van der Waals surface area contributed by atoms with Gasteiger partial charge in [0.2, 0.25) is 0 Å². The molecule has 1 fully saturated rings. The molecule has 1 aromatic rings. The van der Waals surface area contributed by atoms with Crippen LogP contribution in [0, 0.1) is 6.92 Å². The van der Waals surface area contributed by atoms with E-state index < -0.39 is 0 Å². The summed E-state index contributed by atoms with van der Waals surface area (Å²) in [5.41, 5.74) is 10.00. The van der Waals surface area contributed by atoms with Crippen LogP contribution in [-0.2, 0) is 0 Å². The molecule has 0 bridgehead atoms. The summed E-state index contributed by atoms with van der Waals surface area (Å²) in [6.07, 6.45) is 0. The zero-order valence-electron chi connectivity index (χ0n) is 9.00. The van der Waals surface area contributed by atoms with Gasteiger partial charge in [0.05, 0.1) is 6.04 Å². The summed E-state index contributed by atoms with van der Waals surface area (Å²) < 4.78 is 0. The van der Waals surface area contributed by atoms with Crippen molar-refractivity contribution in [2.45, 2.75) is 13.0 Å². The van der Waals surface area contributed by atoms with Crippen molar-refractivity contribution in [3.63, 3.8) is 0 Å². The van der Waals surface area contributed by atoms with Crippen molar-refractivity contribution in [1.29, 1.82) is 0 Å². The van der Waals surface area contributed by atoms with Crippen molar-refractivity contribution in [3.8, 4) is 0 Å². The highest BCUT2D eigenvalue weighted by atomic mass is 16.2. The first-order valence-corrected chi connectivity index (χ1v) is 5.11. The largest absolute Gasteiger partial charge is 0.338 e. The molecule has 2 rings (SSSR count). The number of hydrogen-bond donors (Lipinski definition) is 0. The molecule has 0 radical (unpaired) electrons. The molecule has 82 valence electrons. The Labute approximate surface area is 93.3 Å². The molecule has 0 atom stereocenters. The van der Waals surface area contributed by atoms with E-state index in [2.05, 4.69) is 10.0 Å². The molecular weight excluding hydrogens is 204 g/mol. The van der Waals surface area contributed by atoms with E-state index in [1.54, 1.807) is 11.0 Å². The SMILES string of the molecule is Cc1cccc(C(=O)N2CC(N=[N+]=[N-])C2)c1. The number of amides is 1. The van der Waals surface area contributed by atoms with Gasteiger partial charge >= 0.3 is 0 Å². The van der Waals surface area contributed by atoms with Crippen LogP contribution in [0.5, 0.6) is 0 Å². The lowest BCUT2D eigenvalue weighted by Crippen LogP contribution is -2.52. The molecule has 1 amide bonds. The van der Waals surface area contributed by atoms with E-state index >= 15 is 0 Å². The van der Waals surface area contributed by atoms with Gasteiger partial charge < -0.3 is 4.90 Å². The predicted molar refractivity (Wildman–Crippen MR) is 60.0 cm³/mol. The van der Waals surface area contributed by atoms with Gasteiger partial charge in [-0.15, -0.1) is 0 Å².